The van der Waals surface area contributed by atoms with Crippen LogP contribution >= 0.6 is 0 Å². The van der Waals surface area contributed by atoms with Gasteiger partial charge in [-0.25, -0.2) is 0 Å². The van der Waals surface area contributed by atoms with E-state index in [1.54, 1.807) is 0 Å². The fourth-order valence-electron chi connectivity index (χ4n) is 2.22. The maximum absolute atomic E-state index is 4.65. The molecular weight excluding hydrogens is 222 g/mol. The average Bonchev–Trinajstić information content (AvgIpc) is 2.49. The number of rotatable bonds is 7. The van der Waals surface area contributed by atoms with Gasteiger partial charge in [0.1, 0.15) is 0 Å². The van der Waals surface area contributed by atoms with Crippen LogP contribution < -0.4 is 5.32 Å². The highest BCUT2D eigenvalue weighted by molar-refractivity contribution is 5.24. The molecule has 0 aliphatic heterocycles. The van der Waals surface area contributed by atoms with Crippen molar-refractivity contribution < 1.29 is 0 Å². The van der Waals surface area contributed by atoms with Crippen LogP contribution in [0.15, 0.2) is 0 Å². The van der Waals surface area contributed by atoms with Crippen LogP contribution in [0.5, 0.6) is 0 Å². The molecule has 18 heavy (non-hydrogen) atoms. The Labute approximate surface area is 112 Å². The van der Waals surface area contributed by atoms with E-state index in [1.165, 1.54) is 17.0 Å². The van der Waals surface area contributed by atoms with E-state index in [9.17, 15) is 0 Å². The molecule has 1 heterocycles. The van der Waals surface area contributed by atoms with Crippen molar-refractivity contribution in [2.75, 3.05) is 13.1 Å². The molecule has 0 bridgehead atoms. The molecule has 1 aromatic heterocycles. The quantitative estimate of drug-likeness (QED) is 0.755. The van der Waals surface area contributed by atoms with Crippen molar-refractivity contribution in [3.8, 4) is 0 Å². The lowest BCUT2D eigenvalue weighted by atomic mass is 10.1. The Bertz CT molecular complexity index is 364. The summed E-state index contributed by atoms with van der Waals surface area (Å²) in [5.41, 5.74) is 3.96. The number of hydrogen-bond donors (Lipinski definition) is 1. The third-order valence-corrected chi connectivity index (χ3v) is 3.17. The molecule has 0 fully saturated rings. The van der Waals surface area contributed by atoms with Gasteiger partial charge in [0.05, 0.1) is 5.69 Å². The maximum atomic E-state index is 4.65. The number of nitrogens with one attached hydrogen (secondary N) is 1. The summed E-state index contributed by atoms with van der Waals surface area (Å²) >= 11 is 0. The van der Waals surface area contributed by atoms with Gasteiger partial charge in [-0.05, 0) is 50.8 Å². The lowest BCUT2D eigenvalue weighted by Crippen LogP contribution is -2.22. The molecule has 0 radical (unpaired) electrons. The van der Waals surface area contributed by atoms with E-state index < -0.39 is 0 Å². The molecule has 1 N–H and O–H groups in total. The molecule has 3 nitrogen and oxygen atoms in total. The van der Waals surface area contributed by atoms with Crippen molar-refractivity contribution >= 4 is 0 Å². The standard InChI is InChI=1S/C15H29N3/c1-11(2)9-16-8-7-15-13(5)17-18(14(15)6)10-12(3)4/h11-12,16H,7-10H2,1-6H3. The highest BCUT2D eigenvalue weighted by Crippen LogP contribution is 2.14. The van der Waals surface area contributed by atoms with Crippen LogP contribution in [-0.2, 0) is 13.0 Å². The maximum Gasteiger partial charge on any atom is 0.0628 e. The lowest BCUT2D eigenvalue weighted by molar-refractivity contribution is 0.472. The van der Waals surface area contributed by atoms with E-state index in [-0.39, 0.29) is 0 Å². The number of nitrogens with zero attached hydrogens (tertiary/aromatic N) is 2. The van der Waals surface area contributed by atoms with Gasteiger partial charge in [0.15, 0.2) is 0 Å². The first-order valence-corrected chi connectivity index (χ1v) is 7.15. The lowest BCUT2D eigenvalue weighted by Gasteiger charge is -2.09. The minimum Gasteiger partial charge on any atom is -0.316 e. The zero-order chi connectivity index (χ0) is 13.7. The smallest absolute Gasteiger partial charge is 0.0628 e. The van der Waals surface area contributed by atoms with Gasteiger partial charge in [-0.1, -0.05) is 27.7 Å². The van der Waals surface area contributed by atoms with E-state index >= 15 is 0 Å². The van der Waals surface area contributed by atoms with Gasteiger partial charge in [0.25, 0.3) is 0 Å². The summed E-state index contributed by atoms with van der Waals surface area (Å²) in [6, 6.07) is 0. The molecule has 0 aromatic carbocycles. The molecule has 104 valence electrons. The molecule has 3 heteroatoms. The zero-order valence-electron chi connectivity index (χ0n) is 12.9. The van der Waals surface area contributed by atoms with E-state index in [2.05, 4.69) is 56.6 Å². The first-order chi connectivity index (χ1) is 8.41. The fourth-order valence-corrected chi connectivity index (χ4v) is 2.22. The Morgan fingerprint density at radius 1 is 1.11 bits per heavy atom. The van der Waals surface area contributed by atoms with Crippen molar-refractivity contribution in [3.05, 3.63) is 17.0 Å². The second-order valence-corrected chi connectivity index (χ2v) is 6.07. The molecule has 0 spiro atoms. The van der Waals surface area contributed by atoms with Gasteiger partial charge in [0, 0.05) is 12.2 Å². The highest BCUT2D eigenvalue weighted by Gasteiger charge is 2.11. The van der Waals surface area contributed by atoms with Gasteiger partial charge >= 0.3 is 0 Å². The number of aryl methyl sites for hydroxylation is 1. The second kappa shape index (κ2) is 6.93. The van der Waals surface area contributed by atoms with Crippen molar-refractivity contribution in [2.24, 2.45) is 11.8 Å². The topological polar surface area (TPSA) is 29.9 Å². The third-order valence-electron chi connectivity index (χ3n) is 3.17. The van der Waals surface area contributed by atoms with Crippen LogP contribution in [0.1, 0.15) is 44.6 Å². The Balaban J connectivity index is 2.57. The summed E-state index contributed by atoms with van der Waals surface area (Å²) in [5.74, 6) is 1.37. The van der Waals surface area contributed by atoms with Crippen LogP contribution in [0.25, 0.3) is 0 Å². The normalized spacial score (nSPS) is 11.8. The predicted octanol–water partition coefficient (Wildman–Crippen LogP) is 2.94. The van der Waals surface area contributed by atoms with Gasteiger partial charge in [-0.3, -0.25) is 4.68 Å². The summed E-state index contributed by atoms with van der Waals surface area (Å²) in [6.07, 6.45) is 1.09. The van der Waals surface area contributed by atoms with Crippen LogP contribution in [0, 0.1) is 25.7 Å². The first kappa shape index (κ1) is 15.2. The van der Waals surface area contributed by atoms with Crippen LogP contribution in [0.4, 0.5) is 0 Å². The summed E-state index contributed by atoms with van der Waals surface area (Å²) in [5, 5.41) is 8.15. The molecule has 1 aromatic rings. The van der Waals surface area contributed by atoms with Crippen LogP contribution in [0.2, 0.25) is 0 Å². The Morgan fingerprint density at radius 2 is 1.78 bits per heavy atom. The SMILES string of the molecule is Cc1nn(CC(C)C)c(C)c1CCNCC(C)C. The van der Waals surface area contributed by atoms with Crippen molar-refractivity contribution in [1.82, 2.24) is 15.1 Å². The predicted molar refractivity (Wildman–Crippen MR) is 78.0 cm³/mol. The van der Waals surface area contributed by atoms with E-state index in [1.807, 2.05) is 0 Å². The summed E-state index contributed by atoms with van der Waals surface area (Å²) < 4.78 is 2.16. The van der Waals surface area contributed by atoms with Gasteiger partial charge in [-0.2, -0.15) is 5.10 Å². The van der Waals surface area contributed by atoms with E-state index in [4.69, 9.17) is 0 Å². The molecule has 0 aliphatic rings. The Morgan fingerprint density at radius 3 is 2.33 bits per heavy atom. The molecule has 0 aliphatic carbocycles. The minimum atomic E-state index is 0.648. The minimum absolute atomic E-state index is 0.648. The molecule has 0 atom stereocenters. The largest absolute Gasteiger partial charge is 0.316 e. The average molecular weight is 251 g/mol. The number of aromatic nitrogens is 2. The molecule has 0 saturated heterocycles. The van der Waals surface area contributed by atoms with E-state index in [0.717, 1.165) is 32.0 Å². The van der Waals surface area contributed by atoms with Crippen LogP contribution in [0.3, 0.4) is 0 Å². The van der Waals surface area contributed by atoms with Gasteiger partial charge < -0.3 is 5.32 Å². The summed E-state index contributed by atoms with van der Waals surface area (Å²) in [4.78, 5) is 0. The monoisotopic (exact) mass is 251 g/mol. The molecule has 1 rings (SSSR count). The third kappa shape index (κ3) is 4.45. The summed E-state index contributed by atoms with van der Waals surface area (Å²) in [6.45, 7) is 16.4. The number of hydrogen-bond acceptors (Lipinski definition) is 2. The second-order valence-electron chi connectivity index (χ2n) is 6.07. The molecular formula is C15H29N3. The Hall–Kier alpha value is -0.830. The molecule has 0 saturated carbocycles. The van der Waals surface area contributed by atoms with Gasteiger partial charge in [0.2, 0.25) is 0 Å². The summed E-state index contributed by atoms with van der Waals surface area (Å²) in [7, 11) is 0. The fraction of sp³-hybridized carbons (Fsp3) is 0.800. The van der Waals surface area contributed by atoms with E-state index in [0.29, 0.717) is 5.92 Å². The van der Waals surface area contributed by atoms with Crippen molar-refractivity contribution in [3.63, 3.8) is 0 Å². The Kier molecular flexibility index (Phi) is 5.86. The highest BCUT2D eigenvalue weighted by atomic mass is 15.3. The van der Waals surface area contributed by atoms with Crippen molar-refractivity contribution in [1.29, 1.82) is 0 Å². The molecule has 0 unspecified atom stereocenters. The van der Waals surface area contributed by atoms with Crippen LogP contribution in [-0.4, -0.2) is 22.9 Å². The first-order valence-electron chi connectivity index (χ1n) is 7.15. The van der Waals surface area contributed by atoms with Crippen molar-refractivity contribution in [2.45, 2.75) is 54.5 Å². The molecule has 0 amide bonds. The van der Waals surface area contributed by atoms with Gasteiger partial charge in [-0.15, -0.1) is 0 Å². The zero-order valence-corrected chi connectivity index (χ0v) is 12.9.